The molecule has 3 heterocycles. The first-order chi connectivity index (χ1) is 15.8. The number of benzene rings is 1. The van der Waals surface area contributed by atoms with Gasteiger partial charge in [0, 0.05) is 19.2 Å². The van der Waals surface area contributed by atoms with E-state index in [0.717, 1.165) is 17.0 Å². The number of furan rings is 1. The number of ether oxygens (including phenoxy) is 1. The summed E-state index contributed by atoms with van der Waals surface area (Å²) in [6.07, 6.45) is -8.71. The van der Waals surface area contributed by atoms with Crippen LogP contribution >= 0.6 is 11.6 Å². The van der Waals surface area contributed by atoms with Crippen molar-refractivity contribution in [1.82, 2.24) is 9.78 Å². The van der Waals surface area contributed by atoms with Gasteiger partial charge in [-0.05, 0) is 36.4 Å². The molecule has 1 aromatic carbocycles. The number of amides is 1. The monoisotopic (exact) mass is 508 g/mol. The number of nitrogens with one attached hydrogen (secondary N) is 1. The Balaban J connectivity index is 1.64. The Morgan fingerprint density at radius 2 is 1.88 bits per heavy atom. The van der Waals surface area contributed by atoms with E-state index < -0.39 is 48.4 Å². The van der Waals surface area contributed by atoms with Crippen molar-refractivity contribution >= 4 is 29.0 Å². The second-order valence-corrected chi connectivity index (χ2v) is 7.75. The first kappa shape index (κ1) is 23.8. The molecule has 1 aliphatic rings. The second kappa shape index (κ2) is 8.46. The minimum atomic E-state index is -4.89. The first-order valence-corrected chi connectivity index (χ1v) is 10.0. The maximum Gasteiger partial charge on any atom is 0.573 e. The summed E-state index contributed by atoms with van der Waals surface area (Å²) in [5.74, 6) is -1.33. The van der Waals surface area contributed by atoms with E-state index in [2.05, 4.69) is 15.2 Å². The van der Waals surface area contributed by atoms with Gasteiger partial charge in [-0.25, -0.2) is 4.68 Å². The van der Waals surface area contributed by atoms with Crippen LogP contribution in [0.4, 0.5) is 37.8 Å². The molecule has 0 fully saturated rings. The van der Waals surface area contributed by atoms with Gasteiger partial charge in [-0.1, -0.05) is 11.6 Å². The summed E-state index contributed by atoms with van der Waals surface area (Å²) in [7, 11) is 1.27. The minimum Gasteiger partial charge on any atom is -0.467 e. The van der Waals surface area contributed by atoms with Crippen molar-refractivity contribution < 1.29 is 40.3 Å². The number of aromatic nitrogens is 2. The molecule has 1 amide bonds. The van der Waals surface area contributed by atoms with Gasteiger partial charge in [-0.15, -0.1) is 13.2 Å². The van der Waals surface area contributed by atoms with E-state index >= 15 is 0 Å². The third-order valence-corrected chi connectivity index (χ3v) is 5.51. The predicted octanol–water partition coefficient (Wildman–Crippen LogP) is 5.97. The number of carbonyl (C=O) groups is 1. The fraction of sp³-hybridized carbons (Fsp3) is 0.300. The minimum absolute atomic E-state index is 0.135. The van der Waals surface area contributed by atoms with Crippen molar-refractivity contribution in [3.05, 3.63) is 59.1 Å². The van der Waals surface area contributed by atoms with Crippen molar-refractivity contribution in [2.75, 3.05) is 17.3 Å². The Hall–Kier alpha value is -3.35. The van der Waals surface area contributed by atoms with Crippen LogP contribution in [0.1, 0.15) is 34.8 Å². The normalized spacial score (nSPS) is 18.2. The predicted molar refractivity (Wildman–Crippen MR) is 108 cm³/mol. The maximum atomic E-state index is 13.8. The molecule has 0 saturated heterocycles. The Morgan fingerprint density at radius 1 is 1.21 bits per heavy atom. The Bertz CT molecular complexity index is 1170. The van der Waals surface area contributed by atoms with Crippen LogP contribution in [0.25, 0.3) is 0 Å². The molecule has 0 bridgehead atoms. The maximum absolute atomic E-state index is 13.8. The highest BCUT2D eigenvalue weighted by atomic mass is 35.5. The number of carbonyl (C=O) groups excluding carboxylic acids is 1. The second-order valence-electron chi connectivity index (χ2n) is 7.37. The molecule has 0 unspecified atom stereocenters. The van der Waals surface area contributed by atoms with Crippen LogP contribution in [0.2, 0.25) is 5.02 Å². The van der Waals surface area contributed by atoms with Crippen molar-refractivity contribution in [3.63, 3.8) is 0 Å². The molecule has 3 aromatic rings. The summed E-state index contributed by atoms with van der Waals surface area (Å²) in [6, 6.07) is 4.41. The Labute approximate surface area is 192 Å². The lowest BCUT2D eigenvalue weighted by molar-refractivity contribution is -0.274. The molecule has 1 N–H and O–H groups in total. The van der Waals surface area contributed by atoms with Crippen LogP contribution in [0, 0.1) is 0 Å². The molecule has 2 aromatic heterocycles. The number of nitrogens with zero attached hydrogens (tertiary/aromatic N) is 3. The molecule has 0 spiro atoms. The highest BCUT2D eigenvalue weighted by molar-refractivity contribution is 6.36. The van der Waals surface area contributed by atoms with Crippen LogP contribution in [0.3, 0.4) is 0 Å². The third-order valence-electron chi connectivity index (χ3n) is 5.15. The number of fused-ring (bicyclic) bond motifs is 1. The summed E-state index contributed by atoms with van der Waals surface area (Å²) in [4.78, 5) is 14.0. The number of halogens is 7. The van der Waals surface area contributed by atoms with Gasteiger partial charge in [0.1, 0.15) is 22.4 Å². The molecule has 0 aliphatic carbocycles. The molecule has 0 radical (unpaired) electrons. The first-order valence-electron chi connectivity index (χ1n) is 9.63. The van der Waals surface area contributed by atoms with E-state index in [1.165, 1.54) is 37.6 Å². The molecule has 4 rings (SSSR count). The zero-order valence-corrected chi connectivity index (χ0v) is 17.9. The third kappa shape index (κ3) is 4.65. The van der Waals surface area contributed by atoms with E-state index in [1.54, 1.807) is 0 Å². The topological polar surface area (TPSA) is 72.5 Å². The largest absolute Gasteiger partial charge is 0.573 e. The Kier molecular flexibility index (Phi) is 5.92. The molecular formula is C20H15ClF6N4O3. The highest BCUT2D eigenvalue weighted by Gasteiger charge is 2.48. The summed E-state index contributed by atoms with van der Waals surface area (Å²) in [6.45, 7) is 0. The van der Waals surface area contributed by atoms with Gasteiger partial charge in [-0.2, -0.15) is 18.3 Å². The number of anilines is 2. The zero-order chi connectivity index (χ0) is 24.8. The average molecular weight is 509 g/mol. The van der Waals surface area contributed by atoms with Crippen LogP contribution in [-0.2, 0) is 0 Å². The molecule has 2 atom stereocenters. The van der Waals surface area contributed by atoms with Crippen molar-refractivity contribution in [1.29, 1.82) is 0 Å². The summed E-state index contributed by atoms with van der Waals surface area (Å²) in [5.41, 5.74) is -0.327. The number of hydrogen-bond acceptors (Lipinski definition) is 5. The molecule has 0 saturated carbocycles. The van der Waals surface area contributed by atoms with Crippen molar-refractivity contribution in [2.24, 2.45) is 0 Å². The van der Waals surface area contributed by atoms with Gasteiger partial charge in [0.2, 0.25) is 0 Å². The molecule has 14 heteroatoms. The summed E-state index contributed by atoms with van der Waals surface area (Å²) < 4.78 is 88.0. The molecule has 34 heavy (non-hydrogen) atoms. The van der Waals surface area contributed by atoms with Gasteiger partial charge < -0.3 is 19.4 Å². The van der Waals surface area contributed by atoms with E-state index in [0.29, 0.717) is 4.68 Å². The van der Waals surface area contributed by atoms with Gasteiger partial charge in [0.05, 0.1) is 12.3 Å². The smallest absolute Gasteiger partial charge is 0.467 e. The quantitative estimate of drug-likeness (QED) is 0.440. The lowest BCUT2D eigenvalue weighted by atomic mass is 10.0. The lowest BCUT2D eigenvalue weighted by Crippen LogP contribution is -2.35. The number of hydrogen-bond donors (Lipinski definition) is 1. The number of rotatable bonds is 4. The standard InChI is InChI=1S/C20H15ClF6N4O3/c1-30(10-4-6-11(7-5-10)34-20(25,26)27)18(32)16-15(21)17-28-12(13-3-2-8-33-13)9-14(19(22,23)24)31(17)29-16/h2-8,12,14,28H,9H2,1H3/t12-,14-/m0/s1. The molecule has 7 nitrogen and oxygen atoms in total. The summed E-state index contributed by atoms with van der Waals surface area (Å²) >= 11 is 6.27. The van der Waals surface area contributed by atoms with Gasteiger partial charge in [0.25, 0.3) is 5.91 Å². The average Bonchev–Trinajstić information content (AvgIpc) is 3.39. The molecule has 182 valence electrons. The van der Waals surface area contributed by atoms with E-state index in [4.69, 9.17) is 16.0 Å². The van der Waals surface area contributed by atoms with E-state index in [-0.39, 0.29) is 22.3 Å². The summed E-state index contributed by atoms with van der Waals surface area (Å²) in [5, 5.41) is 6.33. The highest BCUT2D eigenvalue weighted by Crippen LogP contribution is 2.46. The van der Waals surface area contributed by atoms with Crippen LogP contribution < -0.4 is 15.0 Å². The lowest BCUT2D eigenvalue weighted by Gasteiger charge is -2.32. The van der Waals surface area contributed by atoms with Crippen molar-refractivity contribution in [2.45, 2.75) is 31.0 Å². The van der Waals surface area contributed by atoms with E-state index in [1.807, 2.05) is 0 Å². The number of alkyl halides is 6. The Morgan fingerprint density at radius 3 is 2.44 bits per heavy atom. The van der Waals surface area contributed by atoms with Crippen LogP contribution in [0.15, 0.2) is 47.1 Å². The van der Waals surface area contributed by atoms with Gasteiger partial charge in [0.15, 0.2) is 11.7 Å². The van der Waals surface area contributed by atoms with Crippen LogP contribution in [-0.4, -0.2) is 35.3 Å². The SMILES string of the molecule is CN(C(=O)c1nn2c(c1Cl)N[C@H](c1ccco1)C[C@H]2C(F)(F)F)c1ccc(OC(F)(F)F)cc1. The fourth-order valence-electron chi connectivity index (χ4n) is 3.55. The van der Waals surface area contributed by atoms with Crippen LogP contribution in [0.5, 0.6) is 5.75 Å². The fourth-order valence-corrected chi connectivity index (χ4v) is 3.81. The van der Waals surface area contributed by atoms with Gasteiger partial charge >= 0.3 is 12.5 Å². The molecule has 1 aliphatic heterocycles. The van der Waals surface area contributed by atoms with Crippen molar-refractivity contribution in [3.8, 4) is 5.75 Å². The zero-order valence-electron chi connectivity index (χ0n) is 17.1. The van der Waals surface area contributed by atoms with Gasteiger partial charge in [-0.3, -0.25) is 4.79 Å². The van der Waals surface area contributed by atoms with E-state index in [9.17, 15) is 31.1 Å². The molecular weight excluding hydrogens is 494 g/mol.